The van der Waals surface area contributed by atoms with E-state index in [4.69, 9.17) is 15.9 Å². The van der Waals surface area contributed by atoms with Gasteiger partial charge in [0.25, 0.3) is 0 Å². The number of hydrogen-bond acceptors (Lipinski definition) is 6. The van der Waals surface area contributed by atoms with Crippen molar-refractivity contribution < 1.29 is 24.2 Å². The average molecular weight is 441 g/mol. The Bertz CT molecular complexity index is 1100. The fourth-order valence-electron chi connectivity index (χ4n) is 2.85. The molecule has 0 fully saturated rings. The van der Waals surface area contributed by atoms with Gasteiger partial charge in [0.2, 0.25) is 0 Å². The minimum Gasteiger partial charge on any atom is -0.480 e. The summed E-state index contributed by atoms with van der Waals surface area (Å²) in [7, 11) is 0. The zero-order valence-electron chi connectivity index (χ0n) is 14.8. The minimum atomic E-state index is -1.62. The van der Waals surface area contributed by atoms with Gasteiger partial charge in [-0.1, -0.05) is 36.4 Å². The summed E-state index contributed by atoms with van der Waals surface area (Å²) >= 11 is 0. The summed E-state index contributed by atoms with van der Waals surface area (Å²) in [5, 5.41) is 18.7. The first-order valence-electron chi connectivity index (χ1n) is 7.94. The van der Waals surface area contributed by atoms with Crippen LogP contribution in [-0.4, -0.2) is 22.2 Å². The van der Waals surface area contributed by atoms with Gasteiger partial charge in [-0.05, 0) is 11.6 Å². The number of benzene rings is 2. The zero-order chi connectivity index (χ0) is 19.7. The molecule has 1 heterocycles. The number of fused-ring (bicyclic) bond motifs is 1. The number of carboxylic acid groups (broad SMARTS) is 2. The predicted octanol–water partition coefficient (Wildman–Crippen LogP) is 2.47. The van der Waals surface area contributed by atoms with Gasteiger partial charge in [-0.15, -0.1) is 24.8 Å². The van der Waals surface area contributed by atoms with Gasteiger partial charge in [0.1, 0.15) is 23.4 Å². The predicted molar refractivity (Wildman–Crippen MR) is 112 cm³/mol. The Balaban J connectivity index is 0.00000210. The normalized spacial score (nSPS) is 12.3. The van der Waals surface area contributed by atoms with E-state index in [0.29, 0.717) is 5.56 Å². The summed E-state index contributed by atoms with van der Waals surface area (Å²) in [5.74, 6) is -2.57. The number of carbonyl (C=O) groups is 2. The third-order valence-corrected chi connectivity index (χ3v) is 4.21. The van der Waals surface area contributed by atoms with Gasteiger partial charge in [0, 0.05) is 17.2 Å². The number of rotatable bonds is 5. The molecule has 10 heteroatoms. The van der Waals surface area contributed by atoms with E-state index < -0.39 is 29.5 Å². The second-order valence-corrected chi connectivity index (χ2v) is 5.92. The van der Waals surface area contributed by atoms with E-state index in [0.717, 1.165) is 0 Å². The number of carboxylic acids is 2. The number of hydrogen-bond donors (Lipinski definition) is 4. The van der Waals surface area contributed by atoms with Crippen LogP contribution in [0.5, 0.6) is 0 Å². The molecule has 1 aromatic heterocycles. The molecule has 2 atom stereocenters. The molecule has 0 bridgehead atoms. The van der Waals surface area contributed by atoms with Crippen LogP contribution in [0.2, 0.25) is 0 Å². The van der Waals surface area contributed by atoms with E-state index >= 15 is 0 Å². The van der Waals surface area contributed by atoms with Crippen LogP contribution >= 0.6 is 24.8 Å². The summed E-state index contributed by atoms with van der Waals surface area (Å²) in [6.45, 7) is 0. The van der Waals surface area contributed by atoms with Crippen LogP contribution in [0.25, 0.3) is 22.3 Å². The Morgan fingerprint density at radius 1 is 0.897 bits per heavy atom. The van der Waals surface area contributed by atoms with E-state index in [1.54, 1.807) is 30.3 Å². The van der Waals surface area contributed by atoms with Crippen molar-refractivity contribution in [3.8, 4) is 11.3 Å². The lowest BCUT2D eigenvalue weighted by molar-refractivity contribution is -0.140. The number of aliphatic carboxylic acids is 2. The van der Waals surface area contributed by atoms with Crippen LogP contribution in [0, 0.1) is 0 Å². The molecule has 0 saturated heterocycles. The van der Waals surface area contributed by atoms with E-state index in [2.05, 4.69) is 0 Å². The summed E-state index contributed by atoms with van der Waals surface area (Å²) < 4.78 is 5.81. The number of halogens is 2. The van der Waals surface area contributed by atoms with Gasteiger partial charge in [0.05, 0.1) is 5.39 Å². The first-order chi connectivity index (χ1) is 12.8. The highest BCUT2D eigenvalue weighted by Crippen LogP contribution is 2.32. The van der Waals surface area contributed by atoms with Crippen molar-refractivity contribution in [2.75, 3.05) is 0 Å². The van der Waals surface area contributed by atoms with Crippen molar-refractivity contribution in [3.63, 3.8) is 0 Å². The third kappa shape index (κ3) is 4.57. The Labute approximate surface area is 176 Å². The highest BCUT2D eigenvalue weighted by Gasteiger charge is 2.28. The second-order valence-electron chi connectivity index (χ2n) is 5.92. The van der Waals surface area contributed by atoms with Crippen LogP contribution in [0.1, 0.15) is 23.2 Å². The molecule has 0 radical (unpaired) electrons. The van der Waals surface area contributed by atoms with Crippen LogP contribution in [0.4, 0.5) is 0 Å². The van der Waals surface area contributed by atoms with Crippen molar-refractivity contribution >= 4 is 47.7 Å². The largest absolute Gasteiger partial charge is 0.480 e. The molecular formula is C19H18Cl2N2O6. The van der Waals surface area contributed by atoms with Crippen molar-refractivity contribution in [1.82, 2.24) is 0 Å². The lowest BCUT2D eigenvalue weighted by Gasteiger charge is -2.18. The van der Waals surface area contributed by atoms with Crippen molar-refractivity contribution in [1.29, 1.82) is 0 Å². The third-order valence-electron chi connectivity index (χ3n) is 4.21. The highest BCUT2D eigenvalue weighted by molar-refractivity contribution is 5.90. The summed E-state index contributed by atoms with van der Waals surface area (Å²) in [5.41, 5.74) is 11.4. The van der Waals surface area contributed by atoms with E-state index in [1.807, 2.05) is 0 Å². The first-order valence-corrected chi connectivity index (χ1v) is 7.94. The van der Waals surface area contributed by atoms with Crippen LogP contribution in [0.3, 0.4) is 0 Å². The average Bonchev–Trinajstić information content (AvgIpc) is 2.66. The van der Waals surface area contributed by atoms with Crippen LogP contribution in [-0.2, 0) is 9.59 Å². The molecule has 3 rings (SSSR count). The van der Waals surface area contributed by atoms with Gasteiger partial charge in [-0.3, -0.25) is 14.4 Å². The molecule has 0 aliphatic heterocycles. The molecule has 6 N–H and O–H groups in total. The lowest BCUT2D eigenvalue weighted by Crippen LogP contribution is -2.28. The Hall–Kier alpha value is -2.91. The van der Waals surface area contributed by atoms with Crippen LogP contribution < -0.4 is 16.9 Å². The lowest BCUT2D eigenvalue weighted by atomic mass is 9.93. The molecular weight excluding hydrogens is 423 g/mol. The van der Waals surface area contributed by atoms with Gasteiger partial charge in [-0.2, -0.15) is 0 Å². The van der Waals surface area contributed by atoms with Crippen molar-refractivity contribution in [3.05, 3.63) is 69.9 Å². The Morgan fingerprint density at radius 3 is 2.03 bits per heavy atom. The van der Waals surface area contributed by atoms with Gasteiger partial charge >= 0.3 is 11.9 Å². The Morgan fingerprint density at radius 2 is 1.48 bits per heavy atom. The summed E-state index contributed by atoms with van der Waals surface area (Å²) in [4.78, 5) is 35.4. The highest BCUT2D eigenvalue weighted by atomic mass is 35.5. The monoisotopic (exact) mass is 440 g/mol. The maximum absolute atomic E-state index is 12.5. The molecule has 0 spiro atoms. The molecule has 0 aliphatic rings. The van der Waals surface area contributed by atoms with Crippen LogP contribution in [0.15, 0.2) is 57.7 Å². The van der Waals surface area contributed by atoms with Gasteiger partial charge in [-0.25, -0.2) is 0 Å². The zero-order valence-corrected chi connectivity index (χ0v) is 16.4. The molecule has 0 amide bonds. The SMILES string of the molecule is Cl.Cl.NC(C(=O)O)c1ccc2c(=O)cc(-c3ccccc3)oc2c1C(N)C(=O)O. The maximum Gasteiger partial charge on any atom is 0.325 e. The van der Waals surface area contributed by atoms with E-state index in [9.17, 15) is 24.6 Å². The van der Waals surface area contributed by atoms with Crippen molar-refractivity contribution in [2.24, 2.45) is 11.5 Å². The fourth-order valence-corrected chi connectivity index (χ4v) is 2.85. The molecule has 3 aromatic rings. The maximum atomic E-state index is 12.5. The second kappa shape index (κ2) is 9.53. The standard InChI is InChI=1S/C19H16N2O6.2ClH/c20-15(18(23)24)11-7-6-10-12(22)8-13(9-4-2-1-3-5-9)27-17(10)14(11)16(21)19(25)26;;/h1-8,15-16H,20-21H2,(H,23,24)(H,25,26);2*1H. The van der Waals surface area contributed by atoms with Gasteiger partial charge < -0.3 is 26.1 Å². The Kier molecular flexibility index (Phi) is 7.93. The molecule has 29 heavy (non-hydrogen) atoms. The number of nitrogens with two attached hydrogens (primary N) is 2. The summed E-state index contributed by atoms with van der Waals surface area (Å²) in [6.07, 6.45) is 0. The minimum absolute atomic E-state index is 0. The topological polar surface area (TPSA) is 157 Å². The first kappa shape index (κ1) is 24.1. The summed E-state index contributed by atoms with van der Waals surface area (Å²) in [6, 6.07) is 9.50. The molecule has 8 nitrogen and oxygen atoms in total. The van der Waals surface area contributed by atoms with Gasteiger partial charge in [0.15, 0.2) is 5.43 Å². The molecule has 2 aromatic carbocycles. The van der Waals surface area contributed by atoms with E-state index in [1.165, 1.54) is 18.2 Å². The molecule has 2 unspecified atom stereocenters. The molecule has 0 aliphatic carbocycles. The molecule has 0 saturated carbocycles. The van der Waals surface area contributed by atoms with Crippen molar-refractivity contribution in [2.45, 2.75) is 12.1 Å². The quantitative estimate of drug-likeness (QED) is 0.470. The fraction of sp³-hybridized carbons (Fsp3) is 0.105. The smallest absolute Gasteiger partial charge is 0.325 e. The molecule has 154 valence electrons. The van der Waals surface area contributed by atoms with E-state index in [-0.39, 0.29) is 52.7 Å².